The van der Waals surface area contributed by atoms with Crippen LogP contribution in [-0.2, 0) is 4.74 Å². The highest BCUT2D eigenvalue weighted by Crippen LogP contribution is 2.08. The molecule has 1 aliphatic rings. The Morgan fingerprint density at radius 1 is 1.50 bits per heavy atom. The third-order valence-corrected chi connectivity index (χ3v) is 2.79. The van der Waals surface area contributed by atoms with Gasteiger partial charge in [-0.05, 0) is 13.3 Å². The molecular weight excluding hydrogens is 172 g/mol. The first kappa shape index (κ1) is 10.3. The van der Waals surface area contributed by atoms with Crippen molar-refractivity contribution in [2.24, 2.45) is 5.14 Å². The average molecular weight is 190 g/mol. The van der Waals surface area contributed by atoms with Gasteiger partial charge in [0.25, 0.3) is 0 Å². The maximum absolute atomic E-state index is 5.38. The van der Waals surface area contributed by atoms with E-state index in [1.54, 1.807) is 0 Å². The fourth-order valence-corrected chi connectivity index (χ4v) is 1.92. The first-order chi connectivity index (χ1) is 5.84. The number of hydrogen-bond acceptors (Lipinski definition) is 4. The highest BCUT2D eigenvalue weighted by molar-refractivity contribution is 7.97. The molecule has 12 heavy (non-hydrogen) atoms. The van der Waals surface area contributed by atoms with E-state index >= 15 is 0 Å². The number of nitrogens with zero attached hydrogens (tertiary/aromatic N) is 1. The lowest BCUT2D eigenvalue weighted by Crippen LogP contribution is -2.42. The molecule has 2 N–H and O–H groups in total. The van der Waals surface area contributed by atoms with Crippen LogP contribution in [0.15, 0.2) is 0 Å². The van der Waals surface area contributed by atoms with Crippen molar-refractivity contribution >= 4 is 11.9 Å². The zero-order valence-corrected chi connectivity index (χ0v) is 8.48. The van der Waals surface area contributed by atoms with Gasteiger partial charge in [-0.25, -0.2) is 0 Å². The second kappa shape index (κ2) is 5.80. The summed E-state index contributed by atoms with van der Waals surface area (Å²) in [5.41, 5.74) is 0. The number of morpholine rings is 1. The summed E-state index contributed by atoms with van der Waals surface area (Å²) in [6, 6.07) is 0.657. The fraction of sp³-hybridized carbons (Fsp3) is 1.00. The van der Waals surface area contributed by atoms with Crippen molar-refractivity contribution in [3.05, 3.63) is 0 Å². The van der Waals surface area contributed by atoms with Crippen LogP contribution >= 0.6 is 11.9 Å². The van der Waals surface area contributed by atoms with Gasteiger partial charge in [0.2, 0.25) is 0 Å². The molecule has 72 valence electrons. The first-order valence-electron chi connectivity index (χ1n) is 4.48. The minimum absolute atomic E-state index is 0.657. The topological polar surface area (TPSA) is 38.5 Å². The van der Waals surface area contributed by atoms with Gasteiger partial charge in [-0.15, -0.1) is 0 Å². The summed E-state index contributed by atoms with van der Waals surface area (Å²) < 4.78 is 5.28. The Balaban J connectivity index is 2.15. The fourth-order valence-electron chi connectivity index (χ4n) is 1.44. The molecule has 3 nitrogen and oxygen atoms in total. The minimum atomic E-state index is 0.657. The van der Waals surface area contributed by atoms with Crippen LogP contribution in [0.5, 0.6) is 0 Å². The maximum Gasteiger partial charge on any atom is 0.0594 e. The molecule has 1 unspecified atom stereocenters. The Morgan fingerprint density at radius 2 is 2.17 bits per heavy atom. The van der Waals surface area contributed by atoms with Gasteiger partial charge in [-0.2, -0.15) is 0 Å². The molecule has 0 aliphatic carbocycles. The van der Waals surface area contributed by atoms with Crippen molar-refractivity contribution in [1.29, 1.82) is 0 Å². The number of nitrogens with two attached hydrogens (primary N) is 1. The molecule has 1 saturated heterocycles. The Hall–Kier alpha value is 0.230. The summed E-state index contributed by atoms with van der Waals surface area (Å²) in [6.07, 6.45) is 1.18. The Labute approximate surface area is 78.8 Å². The molecule has 0 aromatic rings. The molecule has 1 heterocycles. The molecule has 0 bridgehead atoms. The van der Waals surface area contributed by atoms with Gasteiger partial charge in [0, 0.05) is 24.9 Å². The Kier molecular flexibility index (Phi) is 4.99. The van der Waals surface area contributed by atoms with E-state index in [0.717, 1.165) is 32.1 Å². The van der Waals surface area contributed by atoms with E-state index in [4.69, 9.17) is 9.88 Å². The van der Waals surface area contributed by atoms with Gasteiger partial charge in [0.1, 0.15) is 0 Å². The quantitative estimate of drug-likeness (QED) is 0.662. The average Bonchev–Trinajstić information content (AvgIpc) is 2.15. The molecule has 0 aromatic carbocycles. The van der Waals surface area contributed by atoms with Crippen LogP contribution in [0.4, 0.5) is 0 Å². The van der Waals surface area contributed by atoms with E-state index in [2.05, 4.69) is 11.8 Å². The highest BCUT2D eigenvalue weighted by Gasteiger charge is 2.15. The normalized spacial score (nSPS) is 22.5. The van der Waals surface area contributed by atoms with Gasteiger partial charge in [-0.1, -0.05) is 11.9 Å². The Bertz CT molecular complexity index is 118. The molecule has 0 amide bonds. The molecular formula is C8H18N2OS. The lowest BCUT2D eigenvalue weighted by molar-refractivity contribution is 0.0198. The number of hydrogen-bond donors (Lipinski definition) is 1. The molecule has 1 aliphatic heterocycles. The smallest absolute Gasteiger partial charge is 0.0594 e. The molecule has 0 aromatic heterocycles. The highest BCUT2D eigenvalue weighted by atomic mass is 32.2. The van der Waals surface area contributed by atoms with Crippen LogP contribution < -0.4 is 5.14 Å². The van der Waals surface area contributed by atoms with Crippen molar-refractivity contribution < 1.29 is 4.74 Å². The van der Waals surface area contributed by atoms with Crippen molar-refractivity contribution in [3.8, 4) is 0 Å². The van der Waals surface area contributed by atoms with Gasteiger partial charge < -0.3 is 4.74 Å². The summed E-state index contributed by atoms with van der Waals surface area (Å²) in [6.45, 7) is 6.20. The molecule has 1 fully saturated rings. The molecule has 0 saturated carbocycles. The summed E-state index contributed by atoms with van der Waals surface area (Å²) in [5.74, 6) is 1.05. The zero-order chi connectivity index (χ0) is 8.81. The van der Waals surface area contributed by atoms with E-state index in [1.807, 2.05) is 0 Å². The van der Waals surface area contributed by atoms with Crippen molar-refractivity contribution in [3.63, 3.8) is 0 Å². The second-order valence-electron chi connectivity index (χ2n) is 3.16. The third-order valence-electron chi connectivity index (χ3n) is 2.32. The molecule has 1 atom stereocenters. The van der Waals surface area contributed by atoms with Crippen LogP contribution in [0.1, 0.15) is 13.3 Å². The van der Waals surface area contributed by atoms with Crippen LogP contribution in [-0.4, -0.2) is 43.0 Å². The summed E-state index contributed by atoms with van der Waals surface area (Å²) in [5, 5.41) is 5.38. The van der Waals surface area contributed by atoms with Crippen LogP contribution in [0.3, 0.4) is 0 Å². The monoisotopic (exact) mass is 190 g/mol. The number of rotatable bonds is 4. The van der Waals surface area contributed by atoms with E-state index in [0.29, 0.717) is 6.04 Å². The largest absolute Gasteiger partial charge is 0.379 e. The summed E-state index contributed by atoms with van der Waals surface area (Å²) >= 11 is 1.44. The SMILES string of the molecule is CC(CCSN)N1CCOCC1. The van der Waals surface area contributed by atoms with Gasteiger partial charge >= 0.3 is 0 Å². The van der Waals surface area contributed by atoms with Crippen molar-refractivity contribution in [2.45, 2.75) is 19.4 Å². The predicted molar refractivity (Wildman–Crippen MR) is 53.1 cm³/mol. The number of ether oxygens (including phenoxy) is 1. The molecule has 4 heteroatoms. The van der Waals surface area contributed by atoms with Crippen LogP contribution in [0, 0.1) is 0 Å². The van der Waals surface area contributed by atoms with Gasteiger partial charge in [0.05, 0.1) is 13.2 Å². The lowest BCUT2D eigenvalue weighted by Gasteiger charge is -2.32. The second-order valence-corrected chi connectivity index (χ2v) is 3.90. The Morgan fingerprint density at radius 3 is 2.75 bits per heavy atom. The van der Waals surface area contributed by atoms with E-state index in [9.17, 15) is 0 Å². The summed E-state index contributed by atoms with van der Waals surface area (Å²) in [4.78, 5) is 2.47. The first-order valence-corrected chi connectivity index (χ1v) is 5.53. The van der Waals surface area contributed by atoms with E-state index in [1.165, 1.54) is 18.4 Å². The van der Waals surface area contributed by atoms with Crippen molar-refractivity contribution in [1.82, 2.24) is 4.90 Å². The standard InChI is InChI=1S/C8H18N2OS/c1-8(2-7-12-9)10-3-5-11-6-4-10/h8H,2-7,9H2,1H3. The lowest BCUT2D eigenvalue weighted by atomic mass is 10.2. The molecule has 0 spiro atoms. The third kappa shape index (κ3) is 3.31. The maximum atomic E-state index is 5.38. The van der Waals surface area contributed by atoms with Crippen LogP contribution in [0.25, 0.3) is 0 Å². The molecule has 1 rings (SSSR count). The van der Waals surface area contributed by atoms with E-state index < -0.39 is 0 Å². The van der Waals surface area contributed by atoms with E-state index in [-0.39, 0.29) is 0 Å². The molecule has 0 radical (unpaired) electrons. The predicted octanol–water partition coefficient (Wildman–Crippen LogP) is 0.704. The van der Waals surface area contributed by atoms with Gasteiger partial charge in [-0.3, -0.25) is 10.0 Å². The van der Waals surface area contributed by atoms with Gasteiger partial charge in [0.15, 0.2) is 0 Å². The van der Waals surface area contributed by atoms with Crippen molar-refractivity contribution in [2.75, 3.05) is 32.1 Å². The van der Waals surface area contributed by atoms with Crippen LogP contribution in [0.2, 0.25) is 0 Å². The zero-order valence-electron chi connectivity index (χ0n) is 7.66. The minimum Gasteiger partial charge on any atom is -0.379 e. The summed E-state index contributed by atoms with van der Waals surface area (Å²) in [7, 11) is 0.